The summed E-state index contributed by atoms with van der Waals surface area (Å²) < 4.78 is 0. The minimum absolute atomic E-state index is 0.141. The van der Waals surface area contributed by atoms with Gasteiger partial charge in [-0.3, -0.25) is 4.98 Å². The summed E-state index contributed by atoms with van der Waals surface area (Å²) in [7, 11) is 0. The van der Waals surface area contributed by atoms with E-state index < -0.39 is 0 Å². The first-order chi connectivity index (χ1) is 10.3. The number of hydrogen-bond donors (Lipinski definition) is 0. The van der Waals surface area contributed by atoms with E-state index in [1.807, 2.05) is 6.20 Å². The Morgan fingerprint density at radius 3 is 2.32 bits per heavy atom. The monoisotopic (exact) mass is 289 g/mol. The molecule has 22 heavy (non-hydrogen) atoms. The number of fused-ring (bicyclic) bond motifs is 1. The highest BCUT2D eigenvalue weighted by molar-refractivity contribution is 5.95. The maximum Gasteiger partial charge on any atom is 0.0780 e. The molecule has 3 aromatic rings. The molecule has 0 fully saturated rings. The van der Waals surface area contributed by atoms with Gasteiger partial charge in [0, 0.05) is 17.1 Å². The fraction of sp³-hybridized carbons (Fsp3) is 0.286. The Bertz CT molecular complexity index is 838. The van der Waals surface area contributed by atoms with Gasteiger partial charge in [-0.05, 0) is 48.4 Å². The van der Waals surface area contributed by atoms with Crippen molar-refractivity contribution in [3.63, 3.8) is 0 Å². The van der Waals surface area contributed by atoms with Gasteiger partial charge in [0.15, 0.2) is 0 Å². The molecular formula is C21H23N. The zero-order valence-electron chi connectivity index (χ0n) is 14.1. The number of rotatable bonds is 1. The van der Waals surface area contributed by atoms with E-state index in [2.05, 4.69) is 82.1 Å². The molecule has 0 N–H and O–H groups in total. The Kier molecular flexibility index (Phi) is 3.52. The first-order valence-corrected chi connectivity index (χ1v) is 7.82. The van der Waals surface area contributed by atoms with Crippen molar-refractivity contribution in [2.24, 2.45) is 0 Å². The molecule has 1 nitrogen and oxygen atoms in total. The van der Waals surface area contributed by atoms with E-state index in [0.29, 0.717) is 0 Å². The van der Waals surface area contributed by atoms with Crippen LogP contribution in [0, 0.1) is 13.8 Å². The third-order valence-electron chi connectivity index (χ3n) is 4.14. The highest BCUT2D eigenvalue weighted by atomic mass is 14.7. The summed E-state index contributed by atoms with van der Waals surface area (Å²) in [5, 5.41) is 2.47. The zero-order chi connectivity index (χ0) is 15.9. The summed E-state index contributed by atoms with van der Waals surface area (Å²) in [6, 6.07) is 15.5. The van der Waals surface area contributed by atoms with Crippen molar-refractivity contribution >= 4 is 10.8 Å². The minimum Gasteiger partial charge on any atom is -0.256 e. The number of pyridine rings is 1. The lowest BCUT2D eigenvalue weighted by Crippen LogP contribution is -2.11. The molecule has 0 amide bonds. The molecular weight excluding hydrogens is 266 g/mol. The molecule has 0 atom stereocenters. The molecule has 0 aliphatic rings. The van der Waals surface area contributed by atoms with Crippen LogP contribution in [-0.4, -0.2) is 4.98 Å². The SMILES string of the molecule is Cc1cc(-c2nccc3cc(C)ccc23)cc(C(C)(C)C)c1. The van der Waals surface area contributed by atoms with Gasteiger partial charge in [0.25, 0.3) is 0 Å². The Hall–Kier alpha value is -2.15. The van der Waals surface area contributed by atoms with Crippen LogP contribution in [-0.2, 0) is 5.41 Å². The van der Waals surface area contributed by atoms with E-state index in [1.54, 1.807) is 0 Å². The van der Waals surface area contributed by atoms with E-state index in [4.69, 9.17) is 0 Å². The lowest BCUT2D eigenvalue weighted by molar-refractivity contribution is 0.590. The van der Waals surface area contributed by atoms with Crippen LogP contribution in [0.1, 0.15) is 37.5 Å². The van der Waals surface area contributed by atoms with Crippen LogP contribution in [0.3, 0.4) is 0 Å². The number of benzene rings is 2. The molecule has 0 spiro atoms. The summed E-state index contributed by atoms with van der Waals surface area (Å²) in [6.07, 6.45) is 1.91. The van der Waals surface area contributed by atoms with Crippen LogP contribution in [0.5, 0.6) is 0 Å². The summed E-state index contributed by atoms with van der Waals surface area (Å²) in [6.45, 7) is 11.1. The quantitative estimate of drug-likeness (QED) is 0.550. The Morgan fingerprint density at radius 1 is 0.818 bits per heavy atom. The second-order valence-electron chi connectivity index (χ2n) is 7.22. The van der Waals surface area contributed by atoms with Crippen LogP contribution >= 0.6 is 0 Å². The third kappa shape index (κ3) is 2.76. The van der Waals surface area contributed by atoms with Gasteiger partial charge < -0.3 is 0 Å². The molecule has 0 bridgehead atoms. The van der Waals surface area contributed by atoms with Crippen molar-refractivity contribution < 1.29 is 0 Å². The smallest absolute Gasteiger partial charge is 0.0780 e. The maximum atomic E-state index is 4.67. The second kappa shape index (κ2) is 5.24. The lowest BCUT2D eigenvalue weighted by Gasteiger charge is -2.21. The molecule has 0 aliphatic heterocycles. The predicted molar refractivity (Wildman–Crippen MR) is 95.4 cm³/mol. The van der Waals surface area contributed by atoms with E-state index >= 15 is 0 Å². The van der Waals surface area contributed by atoms with Gasteiger partial charge in [-0.15, -0.1) is 0 Å². The first-order valence-electron chi connectivity index (χ1n) is 7.82. The van der Waals surface area contributed by atoms with Crippen LogP contribution in [0.15, 0.2) is 48.7 Å². The number of nitrogens with zero attached hydrogens (tertiary/aromatic N) is 1. The fourth-order valence-electron chi connectivity index (χ4n) is 2.88. The van der Waals surface area contributed by atoms with E-state index in [1.165, 1.54) is 33.0 Å². The molecule has 112 valence electrons. The third-order valence-corrected chi connectivity index (χ3v) is 4.14. The van der Waals surface area contributed by atoms with Crippen molar-refractivity contribution in [1.29, 1.82) is 0 Å². The first kappa shape index (κ1) is 14.8. The van der Waals surface area contributed by atoms with Crippen molar-refractivity contribution in [3.8, 4) is 11.3 Å². The largest absolute Gasteiger partial charge is 0.256 e. The Morgan fingerprint density at radius 2 is 1.59 bits per heavy atom. The molecule has 0 saturated carbocycles. The van der Waals surface area contributed by atoms with Gasteiger partial charge in [0.2, 0.25) is 0 Å². The molecule has 0 aliphatic carbocycles. The summed E-state index contributed by atoms with van der Waals surface area (Å²) >= 11 is 0. The van der Waals surface area contributed by atoms with Crippen molar-refractivity contribution in [1.82, 2.24) is 4.98 Å². The fourth-order valence-corrected chi connectivity index (χ4v) is 2.88. The zero-order valence-corrected chi connectivity index (χ0v) is 14.1. The molecule has 1 heterocycles. The van der Waals surface area contributed by atoms with E-state index in [0.717, 1.165) is 5.69 Å². The van der Waals surface area contributed by atoms with Gasteiger partial charge >= 0.3 is 0 Å². The van der Waals surface area contributed by atoms with Crippen LogP contribution < -0.4 is 0 Å². The van der Waals surface area contributed by atoms with E-state index in [-0.39, 0.29) is 5.41 Å². The second-order valence-corrected chi connectivity index (χ2v) is 7.22. The average molecular weight is 289 g/mol. The normalized spacial score (nSPS) is 11.9. The van der Waals surface area contributed by atoms with Gasteiger partial charge in [-0.2, -0.15) is 0 Å². The number of aryl methyl sites for hydroxylation is 2. The highest BCUT2D eigenvalue weighted by Crippen LogP contribution is 2.32. The highest BCUT2D eigenvalue weighted by Gasteiger charge is 2.16. The Balaban J connectivity index is 2.26. The van der Waals surface area contributed by atoms with Gasteiger partial charge in [-0.1, -0.05) is 56.2 Å². The van der Waals surface area contributed by atoms with Gasteiger partial charge in [0.05, 0.1) is 5.69 Å². The number of aromatic nitrogens is 1. The molecule has 0 radical (unpaired) electrons. The molecule has 1 aromatic heterocycles. The summed E-state index contributed by atoms with van der Waals surface area (Å²) in [5.74, 6) is 0. The molecule has 2 aromatic carbocycles. The van der Waals surface area contributed by atoms with Crippen molar-refractivity contribution in [3.05, 3.63) is 65.4 Å². The summed E-state index contributed by atoms with van der Waals surface area (Å²) in [5.41, 5.74) is 6.35. The molecule has 3 rings (SSSR count). The van der Waals surface area contributed by atoms with Gasteiger partial charge in [0.1, 0.15) is 0 Å². The Labute approximate surface area is 133 Å². The van der Waals surface area contributed by atoms with Crippen molar-refractivity contribution in [2.45, 2.75) is 40.0 Å². The van der Waals surface area contributed by atoms with Crippen LogP contribution in [0.2, 0.25) is 0 Å². The molecule has 0 unspecified atom stereocenters. The minimum atomic E-state index is 0.141. The van der Waals surface area contributed by atoms with Crippen LogP contribution in [0.4, 0.5) is 0 Å². The van der Waals surface area contributed by atoms with Crippen molar-refractivity contribution in [2.75, 3.05) is 0 Å². The topological polar surface area (TPSA) is 12.9 Å². The average Bonchev–Trinajstić information content (AvgIpc) is 2.44. The van der Waals surface area contributed by atoms with Gasteiger partial charge in [-0.25, -0.2) is 0 Å². The number of hydrogen-bond acceptors (Lipinski definition) is 1. The molecule has 1 heteroatoms. The maximum absolute atomic E-state index is 4.67. The lowest BCUT2D eigenvalue weighted by atomic mass is 9.84. The standard InChI is InChI=1S/C21H23N/c1-14-6-7-19-16(10-14)8-9-22-20(19)17-11-15(2)12-18(13-17)21(3,4)5/h6-13H,1-5H3. The van der Waals surface area contributed by atoms with Crippen LogP contribution in [0.25, 0.3) is 22.0 Å². The molecule has 0 saturated heterocycles. The van der Waals surface area contributed by atoms with E-state index in [9.17, 15) is 0 Å². The predicted octanol–water partition coefficient (Wildman–Crippen LogP) is 5.82. The summed E-state index contributed by atoms with van der Waals surface area (Å²) in [4.78, 5) is 4.67.